The van der Waals surface area contributed by atoms with Crippen LogP contribution in [0.2, 0.25) is 0 Å². The lowest BCUT2D eigenvalue weighted by Gasteiger charge is -2.48. The van der Waals surface area contributed by atoms with E-state index in [2.05, 4.69) is 20.9 Å². The van der Waals surface area contributed by atoms with Crippen molar-refractivity contribution in [3.8, 4) is 0 Å². The molecule has 0 unspecified atom stereocenters. The van der Waals surface area contributed by atoms with E-state index in [1.54, 1.807) is 0 Å². The van der Waals surface area contributed by atoms with E-state index in [0.717, 1.165) is 12.6 Å². The molecular weight excluding hydrogens is 613 g/mol. The molecule has 3 aliphatic rings. The molecule has 43 heavy (non-hydrogen) atoms. The van der Waals surface area contributed by atoms with Crippen molar-refractivity contribution in [3.05, 3.63) is 30.1 Å². The zero-order valence-electron chi connectivity index (χ0n) is 22.5. The quantitative estimate of drug-likeness (QED) is 0.412. The highest BCUT2D eigenvalue weighted by Crippen LogP contribution is 2.38. The monoisotopic (exact) mass is 643 g/mol. The third-order valence-electron chi connectivity index (χ3n) is 6.69. The van der Waals surface area contributed by atoms with Crippen LogP contribution in [0.1, 0.15) is 31.2 Å². The van der Waals surface area contributed by atoms with Gasteiger partial charge in [0, 0.05) is 63.7 Å². The van der Waals surface area contributed by atoms with Crippen molar-refractivity contribution >= 4 is 17.9 Å². The summed E-state index contributed by atoms with van der Waals surface area (Å²) in [5.74, 6) is -7.59. The second-order valence-electron chi connectivity index (χ2n) is 9.58. The van der Waals surface area contributed by atoms with Gasteiger partial charge in [-0.25, -0.2) is 14.4 Å². The fraction of sp³-hybridized carbons (Fsp3) is 0.667. The van der Waals surface area contributed by atoms with Crippen LogP contribution in [0.15, 0.2) is 24.5 Å². The SMILES string of the molecule is CO[C@@H]1CCN(C2CCC2)[C@@H]2CN(Cc3cccnc3)C[C@@H]21.O=C(O)C(F)(F)F.O=C(O)C(F)(F)F.O=C(O)C(F)(F)F. The van der Waals surface area contributed by atoms with Gasteiger partial charge >= 0.3 is 36.4 Å². The summed E-state index contributed by atoms with van der Waals surface area (Å²) in [6.45, 7) is 4.61. The molecule has 0 amide bonds. The van der Waals surface area contributed by atoms with Crippen LogP contribution in [0.25, 0.3) is 0 Å². The number of hydrogen-bond donors (Lipinski definition) is 3. The van der Waals surface area contributed by atoms with E-state index in [1.165, 1.54) is 50.9 Å². The third kappa shape index (κ3) is 12.9. The lowest BCUT2D eigenvalue weighted by atomic mass is 9.83. The number of aliphatic carboxylic acids is 3. The van der Waals surface area contributed by atoms with Crippen LogP contribution in [0.4, 0.5) is 39.5 Å². The zero-order chi connectivity index (χ0) is 33.2. The number of carbonyl (C=O) groups is 3. The largest absolute Gasteiger partial charge is 0.490 e. The minimum Gasteiger partial charge on any atom is -0.475 e. The van der Waals surface area contributed by atoms with Crippen molar-refractivity contribution in [1.29, 1.82) is 0 Å². The predicted molar refractivity (Wildman–Crippen MR) is 128 cm³/mol. The molecule has 10 nitrogen and oxygen atoms in total. The van der Waals surface area contributed by atoms with Gasteiger partial charge in [0.05, 0.1) is 6.10 Å². The molecule has 1 aliphatic carbocycles. The zero-order valence-corrected chi connectivity index (χ0v) is 22.5. The molecule has 3 N–H and O–H groups in total. The minimum atomic E-state index is -5.08. The number of aromatic nitrogens is 1. The highest BCUT2D eigenvalue weighted by molar-refractivity contribution is 5.73. The topological polar surface area (TPSA) is 140 Å². The first-order chi connectivity index (χ1) is 19.7. The first kappa shape index (κ1) is 37.8. The van der Waals surface area contributed by atoms with Gasteiger partial charge in [-0.3, -0.25) is 14.8 Å². The van der Waals surface area contributed by atoms with Gasteiger partial charge in [0.1, 0.15) is 0 Å². The van der Waals surface area contributed by atoms with Gasteiger partial charge in [-0.1, -0.05) is 12.5 Å². The number of nitrogens with zero attached hydrogens (tertiary/aromatic N) is 3. The van der Waals surface area contributed by atoms with Gasteiger partial charge < -0.3 is 20.1 Å². The average molecular weight is 644 g/mol. The van der Waals surface area contributed by atoms with Crippen molar-refractivity contribution in [2.24, 2.45) is 5.92 Å². The molecule has 4 rings (SSSR count). The maximum absolute atomic E-state index is 10.6. The minimum absolute atomic E-state index is 0.445. The van der Waals surface area contributed by atoms with E-state index in [9.17, 15) is 39.5 Å². The maximum atomic E-state index is 10.6. The number of fused-ring (bicyclic) bond motifs is 1. The number of hydrogen-bond acceptors (Lipinski definition) is 7. The van der Waals surface area contributed by atoms with E-state index >= 15 is 0 Å². The van der Waals surface area contributed by atoms with Crippen molar-refractivity contribution in [2.45, 2.75) is 68.9 Å². The first-order valence-corrected chi connectivity index (χ1v) is 12.5. The van der Waals surface area contributed by atoms with E-state index in [4.69, 9.17) is 34.4 Å². The summed E-state index contributed by atoms with van der Waals surface area (Å²) in [5.41, 5.74) is 1.32. The van der Waals surface area contributed by atoms with Gasteiger partial charge in [-0.2, -0.15) is 39.5 Å². The number of alkyl halides is 9. The number of ether oxygens (including phenoxy) is 1. The first-order valence-electron chi connectivity index (χ1n) is 12.5. The number of halogens is 9. The lowest BCUT2D eigenvalue weighted by Crippen LogP contribution is -2.56. The van der Waals surface area contributed by atoms with E-state index in [1.807, 2.05) is 25.6 Å². The molecular formula is C24H30F9N3O7. The van der Waals surface area contributed by atoms with Crippen LogP contribution in [0.5, 0.6) is 0 Å². The predicted octanol–water partition coefficient (Wildman–Crippen LogP) is 4.06. The Bertz CT molecular complexity index is 979. The second kappa shape index (κ2) is 16.0. The van der Waals surface area contributed by atoms with Gasteiger partial charge in [0.15, 0.2) is 0 Å². The molecule has 1 saturated carbocycles. The van der Waals surface area contributed by atoms with Gasteiger partial charge in [-0.05, 0) is 30.9 Å². The van der Waals surface area contributed by atoms with E-state index < -0.39 is 36.4 Å². The van der Waals surface area contributed by atoms with E-state index in [0.29, 0.717) is 18.1 Å². The van der Waals surface area contributed by atoms with Crippen molar-refractivity contribution in [2.75, 3.05) is 26.7 Å². The molecule has 0 aromatic carbocycles. The van der Waals surface area contributed by atoms with Crippen LogP contribution in [-0.2, 0) is 25.7 Å². The molecule has 0 spiro atoms. The summed E-state index contributed by atoms with van der Waals surface area (Å²) >= 11 is 0. The summed E-state index contributed by atoms with van der Waals surface area (Å²) in [6.07, 6.45) is -5.51. The number of likely N-dealkylation sites (tertiary alicyclic amines) is 2. The Morgan fingerprint density at radius 2 is 1.37 bits per heavy atom. The summed E-state index contributed by atoms with van der Waals surface area (Å²) in [7, 11) is 1.89. The molecule has 0 bridgehead atoms. The average Bonchev–Trinajstić information content (AvgIpc) is 3.27. The fourth-order valence-electron chi connectivity index (χ4n) is 4.61. The molecule has 3 fully saturated rings. The van der Waals surface area contributed by atoms with E-state index in [-0.39, 0.29) is 0 Å². The summed E-state index contributed by atoms with van der Waals surface area (Å²) in [6, 6.07) is 5.77. The van der Waals surface area contributed by atoms with Crippen LogP contribution < -0.4 is 0 Å². The molecule has 2 saturated heterocycles. The van der Waals surface area contributed by atoms with Crippen molar-refractivity contribution < 1.29 is 74.0 Å². The summed E-state index contributed by atoms with van der Waals surface area (Å²) in [5, 5.41) is 21.4. The molecule has 246 valence electrons. The standard InChI is InChI=1S/C18H27N3O.3C2HF3O2/c1-22-18-7-9-21(15-5-2-6-15)17-13-20(12-16(17)18)11-14-4-3-8-19-10-14;3*3-2(4,5)1(6)7/h3-4,8,10,15-18H,2,5-7,9,11-13H2,1H3;3*(H,6,7)/t16-,17+,18+;;;/m0.../s1. The number of carboxylic acids is 3. The Balaban J connectivity index is 0.000000363. The molecule has 3 heterocycles. The Labute approximate surface area is 239 Å². The summed E-state index contributed by atoms with van der Waals surface area (Å²) in [4.78, 5) is 36.4. The number of pyridine rings is 1. The molecule has 1 aromatic rings. The second-order valence-corrected chi connectivity index (χ2v) is 9.58. The summed E-state index contributed by atoms with van der Waals surface area (Å²) < 4.78 is 101. The maximum Gasteiger partial charge on any atom is 0.490 e. The highest BCUT2D eigenvalue weighted by Gasteiger charge is 2.47. The van der Waals surface area contributed by atoms with Gasteiger partial charge in [-0.15, -0.1) is 0 Å². The highest BCUT2D eigenvalue weighted by atomic mass is 19.4. The van der Waals surface area contributed by atoms with Gasteiger partial charge in [0.2, 0.25) is 0 Å². The van der Waals surface area contributed by atoms with Crippen molar-refractivity contribution in [3.63, 3.8) is 0 Å². The molecule has 2 aliphatic heterocycles. The number of rotatable bonds is 4. The van der Waals surface area contributed by atoms with Crippen LogP contribution in [0.3, 0.4) is 0 Å². The van der Waals surface area contributed by atoms with Gasteiger partial charge in [0.25, 0.3) is 0 Å². The number of carboxylic acid groups (broad SMARTS) is 3. The van der Waals surface area contributed by atoms with Crippen LogP contribution >= 0.6 is 0 Å². The fourth-order valence-corrected chi connectivity index (χ4v) is 4.61. The third-order valence-corrected chi connectivity index (χ3v) is 6.69. The Morgan fingerprint density at radius 1 is 0.884 bits per heavy atom. The number of methoxy groups -OCH3 is 1. The molecule has 19 heteroatoms. The molecule has 0 radical (unpaired) electrons. The Hall–Kier alpha value is -3.19. The van der Waals surface area contributed by atoms with Crippen LogP contribution in [0, 0.1) is 5.92 Å². The Morgan fingerprint density at radius 3 is 1.72 bits per heavy atom. The normalized spacial score (nSPS) is 22.7. The number of piperidine rings is 1. The molecule has 1 aromatic heterocycles. The lowest BCUT2D eigenvalue weighted by molar-refractivity contribution is -0.193. The van der Waals surface area contributed by atoms with Crippen molar-refractivity contribution in [1.82, 2.24) is 14.8 Å². The smallest absolute Gasteiger partial charge is 0.475 e. The Kier molecular flexibility index (Phi) is 14.1. The van der Waals surface area contributed by atoms with Crippen LogP contribution in [-0.4, -0.2) is 111 Å². The molecule has 3 atom stereocenters.